The van der Waals surface area contributed by atoms with Gasteiger partial charge in [0.05, 0.1) is 6.54 Å². The fraction of sp³-hybridized carbons (Fsp3) is 0.571. The molecule has 0 saturated carbocycles. The van der Waals surface area contributed by atoms with E-state index in [2.05, 4.69) is 39.6 Å². The van der Waals surface area contributed by atoms with Crippen molar-refractivity contribution in [2.45, 2.75) is 52.2 Å². The quantitative estimate of drug-likeness (QED) is 0.293. The van der Waals surface area contributed by atoms with Gasteiger partial charge in [0.2, 0.25) is 0 Å². The van der Waals surface area contributed by atoms with Crippen molar-refractivity contribution in [3.05, 3.63) is 46.8 Å². The van der Waals surface area contributed by atoms with Crippen molar-refractivity contribution in [1.29, 1.82) is 0 Å². The topological polar surface area (TPSA) is 70.4 Å². The highest BCUT2D eigenvalue weighted by Crippen LogP contribution is 2.21. The zero-order valence-electron chi connectivity index (χ0n) is 18.2. The van der Waals surface area contributed by atoms with Crippen LogP contribution in [0.25, 0.3) is 0 Å². The van der Waals surface area contributed by atoms with E-state index < -0.39 is 0 Å². The van der Waals surface area contributed by atoms with Crippen molar-refractivity contribution < 1.29 is 4.39 Å². The van der Waals surface area contributed by atoms with Gasteiger partial charge in [0, 0.05) is 43.7 Å². The number of aliphatic imine (C=N–C) groups is 1. The number of hydrogen-bond acceptors (Lipinski definition) is 4. The summed E-state index contributed by atoms with van der Waals surface area (Å²) in [6.07, 6.45) is 4.80. The van der Waals surface area contributed by atoms with E-state index in [0.717, 1.165) is 69.3 Å². The van der Waals surface area contributed by atoms with Crippen LogP contribution in [-0.4, -0.2) is 57.8 Å². The third-order valence-electron chi connectivity index (χ3n) is 5.22. The smallest absolute Gasteiger partial charge is 0.191 e. The normalized spacial score (nSPS) is 17.3. The standard InChI is InChI=1S/C21H31ClFN7.HI/c1-3-20-28-26-15-30(20)11-9-25-21(24-4-2)27-18-6-5-10-29(14-18)13-16-7-8-17(23)12-19(16)22;/h7-8,12,15,18H,3-6,9-11,13-14H2,1-2H3,(H2,24,25,27);1H. The van der Waals surface area contributed by atoms with Gasteiger partial charge in [0.1, 0.15) is 18.0 Å². The molecule has 7 nitrogen and oxygen atoms in total. The van der Waals surface area contributed by atoms with Gasteiger partial charge in [-0.1, -0.05) is 24.6 Å². The first-order chi connectivity index (χ1) is 14.6. The molecule has 1 fully saturated rings. The van der Waals surface area contributed by atoms with Crippen molar-refractivity contribution in [3.63, 3.8) is 0 Å². The summed E-state index contributed by atoms with van der Waals surface area (Å²) in [7, 11) is 0. The predicted octanol–water partition coefficient (Wildman–Crippen LogP) is 3.47. The minimum atomic E-state index is -0.300. The van der Waals surface area contributed by atoms with Crippen molar-refractivity contribution in [1.82, 2.24) is 30.3 Å². The van der Waals surface area contributed by atoms with Crippen LogP contribution in [0.2, 0.25) is 5.02 Å². The molecule has 1 aliphatic heterocycles. The maximum Gasteiger partial charge on any atom is 0.191 e. The van der Waals surface area contributed by atoms with Gasteiger partial charge in [-0.3, -0.25) is 9.89 Å². The highest BCUT2D eigenvalue weighted by molar-refractivity contribution is 14.0. The summed E-state index contributed by atoms with van der Waals surface area (Å²) < 4.78 is 15.3. The monoisotopic (exact) mass is 563 g/mol. The Bertz CT molecular complexity index is 845. The van der Waals surface area contributed by atoms with E-state index in [4.69, 9.17) is 16.6 Å². The molecular formula is C21H32ClFIN7. The van der Waals surface area contributed by atoms with E-state index in [1.807, 2.05) is 4.57 Å². The molecule has 0 spiro atoms. The van der Waals surface area contributed by atoms with Gasteiger partial charge in [0.25, 0.3) is 0 Å². The molecular weight excluding hydrogens is 532 g/mol. The number of piperidine rings is 1. The lowest BCUT2D eigenvalue weighted by Gasteiger charge is -2.34. The van der Waals surface area contributed by atoms with Crippen molar-refractivity contribution in [2.75, 3.05) is 26.2 Å². The van der Waals surface area contributed by atoms with Crippen LogP contribution in [-0.2, 0) is 19.5 Å². The Morgan fingerprint density at radius 1 is 1.35 bits per heavy atom. The van der Waals surface area contributed by atoms with Gasteiger partial charge in [0.15, 0.2) is 5.96 Å². The van der Waals surface area contributed by atoms with Crippen LogP contribution in [0.1, 0.15) is 38.1 Å². The molecule has 31 heavy (non-hydrogen) atoms. The Balaban J connectivity index is 0.00000341. The molecule has 1 atom stereocenters. The lowest BCUT2D eigenvalue weighted by atomic mass is 10.0. The second kappa shape index (κ2) is 13.2. The van der Waals surface area contributed by atoms with Gasteiger partial charge in [-0.05, 0) is 44.0 Å². The van der Waals surface area contributed by atoms with Gasteiger partial charge < -0.3 is 15.2 Å². The number of guanidine groups is 1. The second-order valence-corrected chi connectivity index (χ2v) is 7.92. The minimum Gasteiger partial charge on any atom is -0.357 e. The third-order valence-corrected chi connectivity index (χ3v) is 5.57. The number of rotatable bonds is 8. The first-order valence-corrected chi connectivity index (χ1v) is 11.0. The number of aryl methyl sites for hydroxylation is 1. The molecule has 0 bridgehead atoms. The lowest BCUT2D eigenvalue weighted by Crippen LogP contribution is -2.51. The molecule has 2 N–H and O–H groups in total. The Kier molecular flexibility index (Phi) is 11.0. The number of halogens is 3. The number of benzene rings is 1. The highest BCUT2D eigenvalue weighted by Gasteiger charge is 2.21. The molecule has 1 unspecified atom stereocenters. The molecule has 3 rings (SSSR count). The molecule has 0 radical (unpaired) electrons. The van der Waals surface area contributed by atoms with E-state index in [0.29, 0.717) is 17.6 Å². The van der Waals surface area contributed by atoms with Crippen LogP contribution in [0.15, 0.2) is 29.5 Å². The van der Waals surface area contributed by atoms with Crippen LogP contribution in [0, 0.1) is 5.82 Å². The summed E-state index contributed by atoms with van der Waals surface area (Å²) in [6, 6.07) is 4.93. The molecule has 0 aliphatic carbocycles. The number of likely N-dealkylation sites (tertiary alicyclic amines) is 1. The summed E-state index contributed by atoms with van der Waals surface area (Å²) in [5.41, 5.74) is 0.958. The third kappa shape index (κ3) is 7.87. The van der Waals surface area contributed by atoms with E-state index in [1.54, 1.807) is 12.4 Å². The molecule has 10 heteroatoms. The number of hydrogen-bond donors (Lipinski definition) is 2. The average molecular weight is 564 g/mol. The van der Waals surface area contributed by atoms with Crippen LogP contribution in [0.3, 0.4) is 0 Å². The van der Waals surface area contributed by atoms with Crippen molar-refractivity contribution >= 4 is 41.5 Å². The maximum atomic E-state index is 13.3. The molecule has 0 amide bonds. The Morgan fingerprint density at radius 2 is 2.19 bits per heavy atom. The maximum absolute atomic E-state index is 13.3. The van der Waals surface area contributed by atoms with Crippen LogP contribution >= 0.6 is 35.6 Å². The Morgan fingerprint density at radius 3 is 2.94 bits per heavy atom. The number of nitrogens with zero attached hydrogens (tertiary/aromatic N) is 5. The molecule has 1 saturated heterocycles. The fourth-order valence-corrected chi connectivity index (χ4v) is 3.96. The van der Waals surface area contributed by atoms with Crippen molar-refractivity contribution in [3.8, 4) is 0 Å². The summed E-state index contributed by atoms with van der Waals surface area (Å²) in [4.78, 5) is 7.08. The first-order valence-electron chi connectivity index (χ1n) is 10.7. The van der Waals surface area contributed by atoms with Gasteiger partial charge in [-0.25, -0.2) is 4.39 Å². The molecule has 2 aromatic rings. The van der Waals surface area contributed by atoms with Crippen LogP contribution in [0.4, 0.5) is 4.39 Å². The van der Waals surface area contributed by atoms with Gasteiger partial charge >= 0.3 is 0 Å². The summed E-state index contributed by atoms with van der Waals surface area (Å²) in [6.45, 7) is 8.98. The average Bonchev–Trinajstić information content (AvgIpc) is 3.18. The van der Waals surface area contributed by atoms with E-state index >= 15 is 0 Å². The predicted molar refractivity (Wildman–Crippen MR) is 134 cm³/mol. The zero-order valence-corrected chi connectivity index (χ0v) is 21.2. The molecule has 2 heterocycles. The SMILES string of the molecule is CCNC(=NCCn1cnnc1CC)NC1CCCN(Cc2ccc(F)cc2Cl)C1.I. The Hall–Kier alpha value is -1.46. The molecule has 1 aromatic heterocycles. The van der Waals surface area contributed by atoms with E-state index in [1.165, 1.54) is 12.1 Å². The lowest BCUT2D eigenvalue weighted by molar-refractivity contribution is 0.192. The van der Waals surface area contributed by atoms with E-state index in [-0.39, 0.29) is 29.8 Å². The highest BCUT2D eigenvalue weighted by atomic mass is 127. The molecule has 1 aromatic carbocycles. The molecule has 172 valence electrons. The number of aromatic nitrogens is 3. The minimum absolute atomic E-state index is 0. The Labute approximate surface area is 205 Å². The second-order valence-electron chi connectivity index (χ2n) is 7.51. The largest absolute Gasteiger partial charge is 0.357 e. The van der Waals surface area contributed by atoms with Gasteiger partial charge in [-0.2, -0.15) is 0 Å². The van der Waals surface area contributed by atoms with Crippen LogP contribution in [0.5, 0.6) is 0 Å². The van der Waals surface area contributed by atoms with Crippen LogP contribution < -0.4 is 10.6 Å². The fourth-order valence-electron chi connectivity index (χ4n) is 3.73. The summed E-state index contributed by atoms with van der Waals surface area (Å²) in [5.74, 6) is 1.51. The summed E-state index contributed by atoms with van der Waals surface area (Å²) in [5, 5.41) is 15.5. The number of nitrogens with one attached hydrogen (secondary N) is 2. The van der Waals surface area contributed by atoms with Crippen molar-refractivity contribution in [2.24, 2.45) is 4.99 Å². The first kappa shape index (κ1) is 25.8. The zero-order chi connectivity index (χ0) is 21.3. The summed E-state index contributed by atoms with van der Waals surface area (Å²) >= 11 is 6.21. The van der Waals surface area contributed by atoms with Gasteiger partial charge in [-0.15, -0.1) is 34.2 Å². The molecule has 1 aliphatic rings. The van der Waals surface area contributed by atoms with E-state index in [9.17, 15) is 4.39 Å².